The second-order valence-corrected chi connectivity index (χ2v) is 3.19. The van der Waals surface area contributed by atoms with Crippen LogP contribution in [0.1, 0.15) is 0 Å². The molecule has 0 amide bonds. The highest BCUT2D eigenvalue weighted by molar-refractivity contribution is 4.93. The highest BCUT2D eigenvalue weighted by atomic mass is 16.7. The van der Waals surface area contributed by atoms with Crippen molar-refractivity contribution in [1.82, 2.24) is 0 Å². The van der Waals surface area contributed by atoms with Gasteiger partial charge in [0.25, 0.3) is 5.91 Å². The fourth-order valence-electron chi connectivity index (χ4n) is 1.33. The van der Waals surface area contributed by atoms with Crippen LogP contribution in [0.3, 0.4) is 0 Å². The molecule has 0 aromatic heterocycles. The third-order valence-electron chi connectivity index (χ3n) is 2.30. The van der Waals surface area contributed by atoms with Gasteiger partial charge in [-0.25, -0.2) is 0 Å². The van der Waals surface area contributed by atoms with Gasteiger partial charge in [-0.2, -0.15) is 0 Å². The minimum Gasteiger partial charge on any atom is -0.394 e. The van der Waals surface area contributed by atoms with E-state index in [1.54, 1.807) is 0 Å². The lowest BCUT2D eigenvalue weighted by Gasteiger charge is -2.44. The molecule has 0 aliphatic carbocycles. The molecule has 1 fully saturated rings. The van der Waals surface area contributed by atoms with Crippen LogP contribution < -0.4 is 5.73 Å². The molecule has 84 valence electrons. The van der Waals surface area contributed by atoms with E-state index >= 15 is 0 Å². The minimum absolute atomic E-state index is 0.534. The van der Waals surface area contributed by atoms with E-state index in [0.29, 0.717) is 0 Å². The van der Waals surface area contributed by atoms with Crippen molar-refractivity contribution >= 4 is 0 Å². The number of rotatable bonds is 2. The number of aliphatic hydroxyl groups is 4. The van der Waals surface area contributed by atoms with Crippen LogP contribution in [0.25, 0.3) is 0 Å². The average Bonchev–Trinajstić information content (AvgIpc) is 2.20. The molecule has 1 saturated heterocycles. The molecule has 1 unspecified atom stereocenters. The quantitative estimate of drug-likeness (QED) is 0.302. The summed E-state index contributed by atoms with van der Waals surface area (Å²) in [6.07, 6.45) is -5.59. The molecule has 14 heavy (non-hydrogen) atoms. The predicted octanol–water partition coefficient (Wildman–Crippen LogP) is -3.28. The molecular weight excluding hydrogens is 194 g/mol. The summed E-state index contributed by atoms with van der Waals surface area (Å²) in [5.74, 6) is -1.91. The van der Waals surface area contributed by atoms with E-state index in [0.717, 1.165) is 0 Å². The first-order valence-electron chi connectivity index (χ1n) is 4.13. The van der Waals surface area contributed by atoms with E-state index in [9.17, 15) is 15.3 Å². The fourth-order valence-corrected chi connectivity index (χ4v) is 1.33. The van der Waals surface area contributed by atoms with Gasteiger partial charge in [0.2, 0.25) is 0 Å². The van der Waals surface area contributed by atoms with Gasteiger partial charge >= 0.3 is 0 Å². The number of hydrogen-bond acceptors (Lipinski definition) is 7. The first-order valence-corrected chi connectivity index (χ1v) is 4.13. The van der Waals surface area contributed by atoms with Crippen LogP contribution >= 0.6 is 0 Å². The monoisotopic (exact) mass is 209 g/mol. The van der Waals surface area contributed by atoms with Crippen LogP contribution in [0.2, 0.25) is 0 Å². The summed E-state index contributed by atoms with van der Waals surface area (Å²) in [7, 11) is 1.18. The molecule has 7 heteroatoms. The van der Waals surface area contributed by atoms with Crippen molar-refractivity contribution in [3.05, 3.63) is 0 Å². The molecule has 0 saturated carbocycles. The van der Waals surface area contributed by atoms with Gasteiger partial charge in [0, 0.05) is 7.11 Å². The van der Waals surface area contributed by atoms with Crippen molar-refractivity contribution in [3.63, 3.8) is 0 Å². The molecule has 1 aliphatic rings. The number of ether oxygens (including phenoxy) is 2. The minimum atomic E-state index is -1.91. The molecule has 0 spiro atoms. The summed E-state index contributed by atoms with van der Waals surface area (Å²) in [6, 6.07) is 0. The number of aliphatic hydroxyl groups excluding tert-OH is 4. The zero-order valence-corrected chi connectivity index (χ0v) is 7.70. The average molecular weight is 209 g/mol. The Hall–Kier alpha value is -0.280. The number of methoxy groups -OCH3 is 1. The number of nitrogens with two attached hydrogens (primary N) is 1. The maximum Gasteiger partial charge on any atom is 0.255 e. The molecule has 0 radical (unpaired) electrons. The zero-order chi connectivity index (χ0) is 10.9. The lowest BCUT2D eigenvalue weighted by molar-refractivity contribution is -0.355. The van der Waals surface area contributed by atoms with Crippen LogP contribution in [0.4, 0.5) is 0 Å². The molecule has 1 rings (SSSR count). The lowest BCUT2D eigenvalue weighted by Crippen LogP contribution is -2.69. The Morgan fingerprint density at radius 2 is 1.93 bits per heavy atom. The molecule has 5 atom stereocenters. The van der Waals surface area contributed by atoms with Crippen molar-refractivity contribution in [3.8, 4) is 0 Å². The molecular formula is C7H15NO6. The van der Waals surface area contributed by atoms with Crippen molar-refractivity contribution < 1.29 is 29.9 Å². The van der Waals surface area contributed by atoms with Crippen molar-refractivity contribution in [1.29, 1.82) is 0 Å². The van der Waals surface area contributed by atoms with Gasteiger partial charge in [-0.3, -0.25) is 5.73 Å². The van der Waals surface area contributed by atoms with E-state index in [1.807, 2.05) is 0 Å². The van der Waals surface area contributed by atoms with Crippen molar-refractivity contribution in [2.75, 3.05) is 13.7 Å². The zero-order valence-electron chi connectivity index (χ0n) is 7.70. The maximum absolute atomic E-state index is 9.41. The summed E-state index contributed by atoms with van der Waals surface area (Å²) < 4.78 is 9.58. The Kier molecular flexibility index (Phi) is 3.43. The van der Waals surface area contributed by atoms with E-state index in [-0.39, 0.29) is 0 Å². The van der Waals surface area contributed by atoms with Gasteiger partial charge < -0.3 is 29.9 Å². The standard InChI is InChI=1S/C7H15NO6/c1-13-7(8)6(12)5(11)4(10)3(2-9)14-7/h3-6,9-12H,2,8H2,1H3/t3?,4-,5+,6-,7-/m0/s1. The van der Waals surface area contributed by atoms with Crippen molar-refractivity contribution in [2.45, 2.75) is 30.3 Å². The van der Waals surface area contributed by atoms with Crippen LogP contribution in [0.15, 0.2) is 0 Å². The van der Waals surface area contributed by atoms with Gasteiger partial charge in [-0.15, -0.1) is 0 Å². The van der Waals surface area contributed by atoms with E-state index in [4.69, 9.17) is 15.6 Å². The van der Waals surface area contributed by atoms with E-state index < -0.39 is 36.9 Å². The summed E-state index contributed by atoms with van der Waals surface area (Å²) >= 11 is 0. The molecule has 1 aliphatic heterocycles. The van der Waals surface area contributed by atoms with Crippen LogP contribution in [-0.2, 0) is 9.47 Å². The molecule has 0 aromatic carbocycles. The molecule has 7 nitrogen and oxygen atoms in total. The smallest absolute Gasteiger partial charge is 0.255 e. The fraction of sp³-hybridized carbons (Fsp3) is 1.00. The van der Waals surface area contributed by atoms with Crippen molar-refractivity contribution in [2.24, 2.45) is 5.73 Å². The second kappa shape index (κ2) is 4.07. The van der Waals surface area contributed by atoms with Gasteiger partial charge in [-0.05, 0) is 0 Å². The highest BCUT2D eigenvalue weighted by Crippen LogP contribution is 2.26. The highest BCUT2D eigenvalue weighted by Gasteiger charge is 2.51. The van der Waals surface area contributed by atoms with Gasteiger partial charge in [0.15, 0.2) is 6.10 Å². The van der Waals surface area contributed by atoms with Crippen LogP contribution in [-0.4, -0.2) is 64.5 Å². The Balaban J connectivity index is 2.84. The van der Waals surface area contributed by atoms with E-state index in [1.165, 1.54) is 7.11 Å². The molecule has 6 N–H and O–H groups in total. The predicted molar refractivity (Wildman–Crippen MR) is 43.9 cm³/mol. The second-order valence-electron chi connectivity index (χ2n) is 3.19. The Morgan fingerprint density at radius 1 is 1.36 bits per heavy atom. The number of hydrogen-bond donors (Lipinski definition) is 5. The normalized spacial score (nSPS) is 49.3. The molecule has 0 aromatic rings. The molecule has 0 bridgehead atoms. The maximum atomic E-state index is 9.41. The van der Waals surface area contributed by atoms with E-state index in [2.05, 4.69) is 4.74 Å². The molecule has 1 heterocycles. The summed E-state index contributed by atoms with van der Waals surface area (Å²) in [5.41, 5.74) is 5.44. The first-order chi connectivity index (χ1) is 6.46. The topological polar surface area (TPSA) is 125 Å². The lowest BCUT2D eigenvalue weighted by atomic mass is 9.97. The van der Waals surface area contributed by atoms with Gasteiger partial charge in [0.1, 0.15) is 18.3 Å². The SMILES string of the molecule is CO[C@]1(N)OC(CO)[C@H](O)[C@@H](O)[C@@H]1O. The largest absolute Gasteiger partial charge is 0.394 e. The third-order valence-corrected chi connectivity index (χ3v) is 2.30. The third kappa shape index (κ3) is 1.75. The summed E-state index contributed by atoms with van der Waals surface area (Å²) in [5, 5.41) is 36.9. The Morgan fingerprint density at radius 3 is 2.36 bits per heavy atom. The van der Waals surface area contributed by atoms with Crippen LogP contribution in [0, 0.1) is 0 Å². The van der Waals surface area contributed by atoms with Gasteiger partial charge in [-0.1, -0.05) is 0 Å². The van der Waals surface area contributed by atoms with Crippen LogP contribution in [0.5, 0.6) is 0 Å². The summed E-state index contributed by atoms with van der Waals surface area (Å²) in [4.78, 5) is 0. The van der Waals surface area contributed by atoms with Gasteiger partial charge in [0.05, 0.1) is 6.61 Å². The first kappa shape index (κ1) is 11.8. The summed E-state index contributed by atoms with van der Waals surface area (Å²) in [6.45, 7) is -0.534. The Bertz CT molecular complexity index is 201. The Labute approximate surface area is 80.7 Å².